The predicted octanol–water partition coefficient (Wildman–Crippen LogP) is 0.580. The summed E-state index contributed by atoms with van der Waals surface area (Å²) in [5, 5.41) is 0. The molecule has 1 aromatic heterocycles. The molecule has 3 nitrogen and oxygen atoms in total. The molecule has 1 aromatic rings. The average molecular weight is 171 g/mol. The Labute approximate surface area is 66.1 Å². The molecule has 1 atom stereocenters. The van der Waals surface area contributed by atoms with Crippen molar-refractivity contribution in [3.63, 3.8) is 0 Å². The van der Waals surface area contributed by atoms with Crippen LogP contribution in [0.4, 0.5) is 0 Å². The van der Waals surface area contributed by atoms with E-state index < -0.39 is 7.29 Å². The first-order valence-corrected chi connectivity index (χ1v) is 5.79. The Morgan fingerprint density at radius 3 is 2.82 bits per heavy atom. The lowest BCUT2D eigenvalue weighted by molar-refractivity contribution is -0.673. The van der Waals surface area contributed by atoms with Gasteiger partial charge in [-0.1, -0.05) is 6.92 Å². The highest BCUT2D eigenvalue weighted by Gasteiger charge is 2.58. The van der Waals surface area contributed by atoms with Crippen LogP contribution in [0.3, 0.4) is 0 Å². The normalized spacial score (nSPS) is 26.7. The minimum atomic E-state index is -1.99. The minimum absolute atomic E-state index is 0.767. The van der Waals surface area contributed by atoms with Crippen LogP contribution in [-0.2, 0) is 11.1 Å². The van der Waals surface area contributed by atoms with Gasteiger partial charge in [-0.05, 0) is 6.92 Å². The van der Waals surface area contributed by atoms with E-state index in [1.807, 2.05) is 23.7 Å². The molecule has 1 aliphatic rings. The number of hydrogen-bond acceptors (Lipinski definition) is 1. The number of hydrogen-bond donors (Lipinski definition) is 0. The summed E-state index contributed by atoms with van der Waals surface area (Å²) < 4.78 is 15.8. The summed E-state index contributed by atoms with van der Waals surface area (Å²) in [6, 6.07) is 0. The van der Waals surface area contributed by atoms with E-state index in [-0.39, 0.29) is 0 Å². The zero-order valence-electron chi connectivity index (χ0n) is 6.82. The first-order valence-electron chi connectivity index (χ1n) is 3.95. The van der Waals surface area contributed by atoms with E-state index in [1.54, 1.807) is 0 Å². The molecule has 0 saturated heterocycles. The molecule has 11 heavy (non-hydrogen) atoms. The molecule has 2 heterocycles. The van der Waals surface area contributed by atoms with Crippen LogP contribution in [0, 0.1) is 0 Å². The second-order valence-electron chi connectivity index (χ2n) is 2.75. The zero-order valence-corrected chi connectivity index (χ0v) is 7.71. The summed E-state index contributed by atoms with van der Waals surface area (Å²) in [7, 11) is -1.99. The average Bonchev–Trinajstić information content (AvgIpc) is 2.49. The number of imidazole rings is 1. The first-order chi connectivity index (χ1) is 5.24. The van der Waals surface area contributed by atoms with Gasteiger partial charge in [-0.3, -0.25) is 4.57 Å². The van der Waals surface area contributed by atoms with E-state index >= 15 is 0 Å². The van der Waals surface area contributed by atoms with E-state index in [9.17, 15) is 4.57 Å². The third-order valence-electron chi connectivity index (χ3n) is 2.24. The van der Waals surface area contributed by atoms with Gasteiger partial charge in [0, 0.05) is 6.16 Å². The second kappa shape index (κ2) is 1.98. The SMILES string of the molecule is CC[n+]1ccn2c1P2(=O)CC. The number of nitrogens with zero attached hydrogens (tertiary/aromatic N) is 2. The Bertz CT molecular complexity index is 342. The summed E-state index contributed by atoms with van der Waals surface area (Å²) >= 11 is 0. The lowest BCUT2D eigenvalue weighted by Crippen LogP contribution is -2.40. The standard InChI is InChI=1S/C7H12N2OP/c1-3-8-5-6-9-7(8)11(9,10)4-2/h5-6H,3-4H2,1-2H3/q+1. The van der Waals surface area contributed by atoms with Gasteiger partial charge in [-0.15, -0.1) is 0 Å². The number of rotatable bonds is 2. The van der Waals surface area contributed by atoms with E-state index in [4.69, 9.17) is 0 Å². The smallest absolute Gasteiger partial charge is 0.260 e. The van der Waals surface area contributed by atoms with Gasteiger partial charge < -0.3 is 0 Å². The van der Waals surface area contributed by atoms with Crippen molar-refractivity contribution in [2.24, 2.45) is 0 Å². The molecular weight excluding hydrogens is 159 g/mol. The largest absolute Gasteiger partial charge is 0.363 e. The van der Waals surface area contributed by atoms with Crippen molar-refractivity contribution in [2.45, 2.75) is 20.4 Å². The molecule has 4 heteroatoms. The lowest BCUT2D eigenvalue weighted by atomic mass is 10.7. The zero-order chi connectivity index (χ0) is 8.06. The molecule has 0 bridgehead atoms. The Morgan fingerprint density at radius 1 is 1.64 bits per heavy atom. The van der Waals surface area contributed by atoms with Crippen molar-refractivity contribution < 1.29 is 9.13 Å². The summed E-state index contributed by atoms with van der Waals surface area (Å²) in [4.78, 5) is 0. The van der Waals surface area contributed by atoms with Crippen LogP contribution >= 0.6 is 7.29 Å². The van der Waals surface area contributed by atoms with Gasteiger partial charge in [0.15, 0.2) is 0 Å². The van der Waals surface area contributed by atoms with E-state index in [2.05, 4.69) is 11.5 Å². The van der Waals surface area contributed by atoms with Crippen LogP contribution in [-0.4, -0.2) is 10.5 Å². The molecule has 0 fully saturated rings. The first kappa shape index (κ1) is 7.11. The monoisotopic (exact) mass is 171 g/mol. The van der Waals surface area contributed by atoms with Gasteiger partial charge in [0.05, 0.1) is 6.54 Å². The van der Waals surface area contributed by atoms with Crippen LogP contribution in [0.25, 0.3) is 0 Å². The van der Waals surface area contributed by atoms with Crippen molar-refractivity contribution in [1.82, 2.24) is 4.34 Å². The quantitative estimate of drug-likeness (QED) is 0.472. The maximum Gasteiger partial charge on any atom is 0.363 e. The topological polar surface area (TPSA) is 25.9 Å². The molecule has 2 rings (SSSR count). The molecular formula is C7H12N2OP+. The third kappa shape index (κ3) is 0.694. The van der Waals surface area contributed by atoms with Gasteiger partial charge in [0.25, 0.3) is 0 Å². The molecule has 0 spiro atoms. The molecule has 60 valence electrons. The summed E-state index contributed by atoms with van der Waals surface area (Å²) in [5.41, 5.74) is 1.04. The van der Waals surface area contributed by atoms with Crippen molar-refractivity contribution >= 4 is 12.9 Å². The summed E-state index contributed by atoms with van der Waals surface area (Å²) in [5.74, 6) is 0. The molecule has 0 radical (unpaired) electrons. The van der Waals surface area contributed by atoms with Crippen molar-refractivity contribution in [3.05, 3.63) is 12.4 Å². The highest BCUT2D eigenvalue weighted by atomic mass is 31.2. The van der Waals surface area contributed by atoms with Crippen LogP contribution in [0.1, 0.15) is 13.8 Å². The number of aromatic nitrogens is 2. The van der Waals surface area contributed by atoms with E-state index in [1.165, 1.54) is 0 Å². The summed E-state index contributed by atoms with van der Waals surface area (Å²) in [6.07, 6.45) is 4.67. The molecule has 0 saturated carbocycles. The second-order valence-corrected chi connectivity index (χ2v) is 5.61. The van der Waals surface area contributed by atoms with E-state index in [0.717, 1.165) is 18.3 Å². The maximum absolute atomic E-state index is 11.8. The Kier molecular flexibility index (Phi) is 1.28. The van der Waals surface area contributed by atoms with Gasteiger partial charge in [-0.2, -0.15) is 4.34 Å². The lowest BCUT2D eigenvalue weighted by Gasteiger charge is -1.87. The van der Waals surface area contributed by atoms with Crippen molar-refractivity contribution in [2.75, 3.05) is 6.16 Å². The highest BCUT2D eigenvalue weighted by molar-refractivity contribution is 7.76. The van der Waals surface area contributed by atoms with Gasteiger partial charge in [0.1, 0.15) is 12.4 Å². The Hall–Kier alpha value is -0.560. The van der Waals surface area contributed by atoms with Gasteiger partial charge in [0.2, 0.25) is 0 Å². The van der Waals surface area contributed by atoms with Crippen LogP contribution in [0.2, 0.25) is 0 Å². The number of fused-ring (bicyclic) bond motifs is 1. The third-order valence-corrected chi connectivity index (χ3v) is 5.02. The van der Waals surface area contributed by atoms with Gasteiger partial charge in [-0.25, -0.2) is 4.57 Å². The van der Waals surface area contributed by atoms with Gasteiger partial charge >= 0.3 is 12.9 Å². The molecule has 1 unspecified atom stereocenters. The molecule has 0 amide bonds. The fourth-order valence-electron chi connectivity index (χ4n) is 1.50. The molecule has 1 aliphatic heterocycles. The van der Waals surface area contributed by atoms with Crippen molar-refractivity contribution in [3.8, 4) is 0 Å². The molecule has 0 N–H and O–H groups in total. The van der Waals surface area contributed by atoms with Crippen LogP contribution < -0.4 is 10.1 Å². The fraction of sp³-hybridized carbons (Fsp3) is 0.571. The van der Waals surface area contributed by atoms with E-state index in [0.29, 0.717) is 0 Å². The highest BCUT2D eigenvalue weighted by Crippen LogP contribution is 2.56. The predicted molar refractivity (Wildman–Crippen MR) is 43.5 cm³/mol. The van der Waals surface area contributed by atoms with Crippen LogP contribution in [0.5, 0.6) is 0 Å². The van der Waals surface area contributed by atoms with Crippen LogP contribution in [0.15, 0.2) is 12.4 Å². The fourth-order valence-corrected chi connectivity index (χ4v) is 3.92. The van der Waals surface area contributed by atoms with Crippen molar-refractivity contribution in [1.29, 1.82) is 0 Å². The summed E-state index contributed by atoms with van der Waals surface area (Å²) in [6.45, 7) is 4.97. The maximum atomic E-state index is 11.8. The Morgan fingerprint density at radius 2 is 2.36 bits per heavy atom. The Balaban J connectivity index is 2.45. The number of aryl methyl sites for hydroxylation is 1. The molecule has 0 aliphatic carbocycles. The molecule has 0 aromatic carbocycles. The minimum Gasteiger partial charge on any atom is -0.260 e.